The van der Waals surface area contributed by atoms with Gasteiger partial charge >= 0.3 is 0 Å². The summed E-state index contributed by atoms with van der Waals surface area (Å²) in [7, 11) is -3.30. The first-order valence-corrected chi connectivity index (χ1v) is 6.72. The number of aromatic nitrogens is 1. The van der Waals surface area contributed by atoms with Crippen molar-refractivity contribution in [3.05, 3.63) is 24.5 Å². The minimum Gasteiger partial charge on any atom is -0.270 e. The van der Waals surface area contributed by atoms with Crippen LogP contribution in [0.4, 0.5) is 5.69 Å². The fourth-order valence-corrected chi connectivity index (χ4v) is 3.09. The Morgan fingerprint density at radius 1 is 1.40 bits per heavy atom. The van der Waals surface area contributed by atoms with Gasteiger partial charge in [0.2, 0.25) is 10.0 Å². The van der Waals surface area contributed by atoms with Crippen molar-refractivity contribution < 1.29 is 8.42 Å². The molecule has 0 aromatic carbocycles. The van der Waals surface area contributed by atoms with Gasteiger partial charge in [0.25, 0.3) is 0 Å². The van der Waals surface area contributed by atoms with E-state index in [4.69, 9.17) is 11.6 Å². The van der Waals surface area contributed by atoms with Gasteiger partial charge in [-0.3, -0.25) is 9.29 Å². The van der Waals surface area contributed by atoms with Gasteiger partial charge in [0, 0.05) is 24.8 Å². The van der Waals surface area contributed by atoms with Crippen molar-refractivity contribution >= 4 is 27.3 Å². The molecule has 0 aliphatic rings. The Hall–Kier alpha value is -0.810. The Bertz CT molecular complexity index is 394. The molecule has 0 aliphatic heterocycles. The molecule has 0 bridgehead atoms. The molecule has 4 nitrogen and oxygen atoms in total. The third-order valence-corrected chi connectivity index (χ3v) is 4.18. The second-order valence-corrected chi connectivity index (χ2v) is 5.27. The molecule has 0 radical (unpaired) electrons. The molecule has 0 atom stereocenters. The summed E-state index contributed by atoms with van der Waals surface area (Å²) in [5.74, 6) is 0.0502. The normalized spacial score (nSPS) is 11.3. The van der Waals surface area contributed by atoms with Crippen molar-refractivity contribution in [1.82, 2.24) is 4.98 Å². The van der Waals surface area contributed by atoms with Crippen LogP contribution in [0.5, 0.6) is 0 Å². The predicted octanol–water partition coefficient (Wildman–Crippen LogP) is 1.48. The largest absolute Gasteiger partial charge is 0.270 e. The molecular weight excluding hydrogens is 236 g/mol. The number of alkyl halides is 1. The summed E-state index contributed by atoms with van der Waals surface area (Å²) in [6, 6.07) is 3.32. The van der Waals surface area contributed by atoms with E-state index >= 15 is 0 Å². The lowest BCUT2D eigenvalue weighted by molar-refractivity contribution is 0.593. The zero-order chi connectivity index (χ0) is 11.3. The molecule has 1 heterocycles. The Balaban J connectivity index is 3.00. The molecule has 0 saturated heterocycles. The first-order valence-electron chi connectivity index (χ1n) is 4.58. The number of sulfonamides is 1. The molecule has 0 spiro atoms. The molecule has 0 aliphatic carbocycles. The Kier molecular flexibility index (Phi) is 4.35. The topological polar surface area (TPSA) is 50.3 Å². The van der Waals surface area contributed by atoms with Crippen LogP contribution in [-0.2, 0) is 10.0 Å². The quantitative estimate of drug-likeness (QED) is 0.742. The van der Waals surface area contributed by atoms with Crippen LogP contribution in [0.2, 0.25) is 0 Å². The Morgan fingerprint density at radius 3 is 2.47 bits per heavy atom. The number of pyridine rings is 1. The fourth-order valence-electron chi connectivity index (χ4n) is 1.26. The average Bonchev–Trinajstić information content (AvgIpc) is 2.19. The van der Waals surface area contributed by atoms with Crippen LogP contribution in [0.15, 0.2) is 24.5 Å². The van der Waals surface area contributed by atoms with Gasteiger partial charge in [0.05, 0.1) is 11.4 Å². The maximum absolute atomic E-state index is 11.8. The summed E-state index contributed by atoms with van der Waals surface area (Å²) < 4.78 is 24.9. The van der Waals surface area contributed by atoms with Gasteiger partial charge in [0.1, 0.15) is 0 Å². The zero-order valence-electron chi connectivity index (χ0n) is 8.43. The summed E-state index contributed by atoms with van der Waals surface area (Å²) in [5, 5.41) is 0. The van der Waals surface area contributed by atoms with Gasteiger partial charge in [-0.05, 0) is 19.1 Å². The molecule has 84 valence electrons. The van der Waals surface area contributed by atoms with E-state index in [2.05, 4.69) is 4.98 Å². The van der Waals surface area contributed by atoms with Crippen LogP contribution < -0.4 is 4.31 Å². The van der Waals surface area contributed by atoms with Crippen LogP contribution in [0.3, 0.4) is 0 Å². The zero-order valence-corrected chi connectivity index (χ0v) is 10.0. The monoisotopic (exact) mass is 248 g/mol. The van der Waals surface area contributed by atoms with Crippen molar-refractivity contribution in [2.45, 2.75) is 6.92 Å². The number of hydrogen-bond acceptors (Lipinski definition) is 3. The molecule has 1 rings (SSSR count). The van der Waals surface area contributed by atoms with Gasteiger partial charge in [-0.1, -0.05) is 0 Å². The minimum absolute atomic E-state index is 0.0509. The van der Waals surface area contributed by atoms with E-state index in [1.165, 1.54) is 4.31 Å². The van der Waals surface area contributed by atoms with Gasteiger partial charge in [0.15, 0.2) is 0 Å². The molecule has 0 unspecified atom stereocenters. The number of hydrogen-bond donors (Lipinski definition) is 0. The second kappa shape index (κ2) is 5.32. The highest BCUT2D eigenvalue weighted by Gasteiger charge is 2.19. The van der Waals surface area contributed by atoms with Crippen LogP contribution in [0, 0.1) is 0 Å². The molecule has 1 aromatic heterocycles. The van der Waals surface area contributed by atoms with E-state index in [0.29, 0.717) is 12.2 Å². The second-order valence-electron chi connectivity index (χ2n) is 2.88. The molecule has 6 heteroatoms. The fraction of sp³-hybridized carbons (Fsp3) is 0.444. The summed E-state index contributed by atoms with van der Waals surface area (Å²) >= 11 is 5.46. The van der Waals surface area contributed by atoms with Crippen molar-refractivity contribution in [2.24, 2.45) is 0 Å². The molecule has 1 aromatic rings. The number of halogens is 1. The van der Waals surface area contributed by atoms with Gasteiger partial charge in [-0.15, -0.1) is 11.6 Å². The minimum atomic E-state index is -3.30. The summed E-state index contributed by atoms with van der Waals surface area (Å²) in [5.41, 5.74) is 0.623. The first kappa shape index (κ1) is 12.3. The molecule has 0 fully saturated rings. The van der Waals surface area contributed by atoms with E-state index in [1.54, 1.807) is 31.5 Å². The third kappa shape index (κ3) is 3.07. The highest BCUT2D eigenvalue weighted by Crippen LogP contribution is 2.16. The lowest BCUT2D eigenvalue weighted by atomic mass is 10.4. The molecule has 0 amide bonds. The van der Waals surface area contributed by atoms with E-state index in [-0.39, 0.29) is 11.6 Å². The van der Waals surface area contributed by atoms with Crippen molar-refractivity contribution in [1.29, 1.82) is 0 Å². The van der Waals surface area contributed by atoms with Crippen LogP contribution in [-0.4, -0.2) is 31.6 Å². The lowest BCUT2D eigenvalue weighted by Crippen LogP contribution is -2.33. The maximum atomic E-state index is 11.8. The number of rotatable bonds is 5. The average molecular weight is 249 g/mol. The summed E-state index contributed by atoms with van der Waals surface area (Å²) in [4.78, 5) is 3.84. The smallest absolute Gasteiger partial charge is 0.236 e. The highest BCUT2D eigenvalue weighted by molar-refractivity contribution is 7.92. The van der Waals surface area contributed by atoms with E-state index in [9.17, 15) is 8.42 Å². The SMILES string of the molecule is CCN(c1ccncc1)S(=O)(=O)CCCl. The number of anilines is 1. The first-order chi connectivity index (χ1) is 7.11. The predicted molar refractivity (Wildman–Crippen MR) is 61.8 cm³/mol. The van der Waals surface area contributed by atoms with Gasteiger partial charge in [-0.2, -0.15) is 0 Å². The summed E-state index contributed by atoms with van der Waals surface area (Å²) in [6.45, 7) is 2.18. The van der Waals surface area contributed by atoms with Crippen LogP contribution in [0.25, 0.3) is 0 Å². The molecular formula is C9H13ClN2O2S. The van der Waals surface area contributed by atoms with Gasteiger partial charge in [-0.25, -0.2) is 8.42 Å². The summed E-state index contributed by atoms with van der Waals surface area (Å²) in [6.07, 6.45) is 3.13. The van der Waals surface area contributed by atoms with E-state index in [1.807, 2.05) is 0 Å². The van der Waals surface area contributed by atoms with Crippen LogP contribution >= 0.6 is 11.6 Å². The van der Waals surface area contributed by atoms with Crippen molar-refractivity contribution in [3.63, 3.8) is 0 Å². The number of nitrogens with zero attached hydrogens (tertiary/aromatic N) is 2. The van der Waals surface area contributed by atoms with E-state index < -0.39 is 10.0 Å². The third-order valence-electron chi connectivity index (χ3n) is 1.91. The van der Waals surface area contributed by atoms with Crippen molar-refractivity contribution in [2.75, 3.05) is 22.5 Å². The van der Waals surface area contributed by atoms with Crippen LogP contribution in [0.1, 0.15) is 6.92 Å². The Labute approximate surface area is 94.9 Å². The highest BCUT2D eigenvalue weighted by atomic mass is 35.5. The standard InChI is InChI=1S/C9H13ClN2O2S/c1-2-12(15(13,14)8-5-10)9-3-6-11-7-4-9/h3-4,6-7H,2,5,8H2,1H3. The Morgan fingerprint density at radius 2 is 2.00 bits per heavy atom. The molecule has 0 saturated carbocycles. The molecule has 0 N–H and O–H groups in total. The van der Waals surface area contributed by atoms with Crippen molar-refractivity contribution in [3.8, 4) is 0 Å². The van der Waals surface area contributed by atoms with E-state index in [0.717, 1.165) is 0 Å². The lowest BCUT2D eigenvalue weighted by Gasteiger charge is -2.21. The maximum Gasteiger partial charge on any atom is 0.236 e. The van der Waals surface area contributed by atoms with Gasteiger partial charge < -0.3 is 0 Å². The molecule has 15 heavy (non-hydrogen) atoms.